The van der Waals surface area contributed by atoms with Gasteiger partial charge in [-0.2, -0.15) is 0 Å². The molecule has 0 aromatic rings. The van der Waals surface area contributed by atoms with Gasteiger partial charge in [0.1, 0.15) is 6.04 Å². The van der Waals surface area contributed by atoms with Crippen LogP contribution in [0.3, 0.4) is 0 Å². The van der Waals surface area contributed by atoms with E-state index in [0.29, 0.717) is 45.3 Å². The number of hydrogen-bond acceptors (Lipinski definition) is 8. The van der Waals surface area contributed by atoms with Crippen LogP contribution in [0.15, 0.2) is 0 Å². The summed E-state index contributed by atoms with van der Waals surface area (Å²) in [5.74, 6) is -3.09. The number of nitrogens with two attached hydrogens (primary N) is 4. The van der Waals surface area contributed by atoms with Crippen LogP contribution in [0.2, 0.25) is 0 Å². The molecule has 0 spiro atoms. The zero-order chi connectivity index (χ0) is 22.7. The summed E-state index contributed by atoms with van der Waals surface area (Å²) in [5.41, 5.74) is 19.9. The zero-order valence-electron chi connectivity index (χ0n) is 17.1. The van der Waals surface area contributed by atoms with Crippen LogP contribution < -0.4 is 28.3 Å². The third-order valence-corrected chi connectivity index (χ3v) is 4.18. The molecular formula is C18H39N5O6. The largest absolute Gasteiger partial charge is 0.481 e. The summed E-state index contributed by atoms with van der Waals surface area (Å²) in [7, 11) is 0. The lowest BCUT2D eigenvalue weighted by Gasteiger charge is -2.29. The summed E-state index contributed by atoms with van der Waals surface area (Å²) < 4.78 is 0. The average molecular weight is 422 g/mol. The second kappa shape index (κ2) is 18.3. The maximum atomic E-state index is 11.3. The molecule has 0 saturated carbocycles. The highest BCUT2D eigenvalue weighted by Crippen LogP contribution is 2.12. The first-order valence-corrected chi connectivity index (χ1v) is 9.99. The Balaban J connectivity index is 0. The highest BCUT2D eigenvalue weighted by atomic mass is 16.4. The molecule has 11 nitrogen and oxygen atoms in total. The fraction of sp³-hybridized carbons (Fsp3) is 0.833. The van der Waals surface area contributed by atoms with Crippen LogP contribution in [-0.2, 0) is 14.4 Å². The van der Waals surface area contributed by atoms with E-state index in [1.807, 2.05) is 0 Å². The van der Waals surface area contributed by atoms with Crippen molar-refractivity contribution in [3.8, 4) is 0 Å². The quantitative estimate of drug-likeness (QED) is 0.111. The number of hydrogen-bond donors (Lipinski definition) is 8. The van der Waals surface area contributed by atoms with Crippen LogP contribution >= 0.6 is 0 Å². The van der Waals surface area contributed by atoms with Gasteiger partial charge in [-0.1, -0.05) is 12.8 Å². The summed E-state index contributed by atoms with van der Waals surface area (Å²) in [6.07, 6.45) is 5.75. The molecule has 0 radical (unpaired) electrons. The van der Waals surface area contributed by atoms with E-state index in [1.165, 1.54) is 0 Å². The van der Waals surface area contributed by atoms with Crippen LogP contribution in [0.25, 0.3) is 0 Å². The van der Waals surface area contributed by atoms with Crippen LogP contribution in [0, 0.1) is 0 Å². The molecular weight excluding hydrogens is 382 g/mol. The molecule has 0 aliphatic rings. The molecule has 11 heteroatoms. The van der Waals surface area contributed by atoms with Crippen molar-refractivity contribution < 1.29 is 29.7 Å². The van der Waals surface area contributed by atoms with Crippen LogP contribution in [0.5, 0.6) is 0 Å². The van der Waals surface area contributed by atoms with Crippen molar-refractivity contribution >= 4 is 17.9 Å². The predicted octanol–water partition coefficient (Wildman–Crippen LogP) is -0.383. The van der Waals surface area contributed by atoms with Gasteiger partial charge in [-0.25, -0.2) is 4.79 Å². The normalized spacial score (nSPS) is 13.7. The number of aliphatic carboxylic acids is 3. The van der Waals surface area contributed by atoms with E-state index in [0.717, 1.165) is 19.3 Å². The maximum absolute atomic E-state index is 11.3. The first-order chi connectivity index (χ1) is 13.6. The highest BCUT2D eigenvalue weighted by Gasteiger charge is 2.37. The molecule has 0 aromatic heterocycles. The Morgan fingerprint density at radius 3 is 1.76 bits per heavy atom. The highest BCUT2D eigenvalue weighted by molar-refractivity contribution is 5.80. The van der Waals surface area contributed by atoms with Crippen LogP contribution in [0.4, 0.5) is 0 Å². The van der Waals surface area contributed by atoms with Crippen molar-refractivity contribution in [1.29, 1.82) is 0 Å². The molecule has 0 unspecified atom stereocenters. The standard InChI is InChI=1S/C12H26N4O4.C6H13NO2/c13-7-3-1-5-9(10(17)18)16-12(15,11(19)20)6-2-4-8-14;7-5-3-1-2-4-6(8)9/h9,16H,1-8,13-15H2,(H,17,18)(H,19,20);1-5,7H2,(H,8,9)/t9-,12+;/m0./s1. The molecule has 172 valence electrons. The summed E-state index contributed by atoms with van der Waals surface area (Å²) in [6, 6.07) is -1.000. The SMILES string of the molecule is NCCCCCC(=O)O.NCCCC[C@H](N[C@](N)(CCCCN)C(=O)O)C(=O)O. The fourth-order valence-electron chi connectivity index (χ4n) is 2.45. The Morgan fingerprint density at radius 1 is 0.793 bits per heavy atom. The Kier molecular flexibility index (Phi) is 18.5. The zero-order valence-corrected chi connectivity index (χ0v) is 17.1. The van der Waals surface area contributed by atoms with Crippen molar-refractivity contribution in [2.24, 2.45) is 22.9 Å². The molecule has 0 bridgehead atoms. The minimum atomic E-state index is -1.75. The average Bonchev–Trinajstić information content (AvgIpc) is 2.65. The van der Waals surface area contributed by atoms with E-state index in [9.17, 15) is 19.5 Å². The number of unbranched alkanes of at least 4 members (excludes halogenated alkanes) is 4. The van der Waals surface area contributed by atoms with Crippen molar-refractivity contribution in [2.45, 2.75) is 75.9 Å². The first-order valence-electron chi connectivity index (χ1n) is 9.99. The van der Waals surface area contributed by atoms with Gasteiger partial charge in [-0.15, -0.1) is 0 Å². The van der Waals surface area contributed by atoms with Gasteiger partial charge in [0, 0.05) is 6.42 Å². The molecule has 0 fully saturated rings. The van der Waals surface area contributed by atoms with E-state index < -0.39 is 29.6 Å². The lowest BCUT2D eigenvalue weighted by Crippen LogP contribution is -2.64. The summed E-state index contributed by atoms with van der Waals surface area (Å²) in [4.78, 5) is 32.4. The fourth-order valence-corrected chi connectivity index (χ4v) is 2.45. The molecule has 0 aliphatic heterocycles. The smallest absolute Gasteiger partial charge is 0.338 e. The predicted molar refractivity (Wildman–Crippen MR) is 110 cm³/mol. The summed E-state index contributed by atoms with van der Waals surface area (Å²) in [5, 5.41) is 29.1. The van der Waals surface area contributed by atoms with Gasteiger partial charge >= 0.3 is 17.9 Å². The van der Waals surface area contributed by atoms with Crippen molar-refractivity contribution in [2.75, 3.05) is 19.6 Å². The van der Waals surface area contributed by atoms with Gasteiger partial charge in [-0.3, -0.25) is 14.9 Å². The Morgan fingerprint density at radius 2 is 1.31 bits per heavy atom. The number of rotatable bonds is 17. The third-order valence-electron chi connectivity index (χ3n) is 4.18. The molecule has 0 rings (SSSR count). The molecule has 0 aliphatic carbocycles. The molecule has 0 aromatic carbocycles. The lowest BCUT2D eigenvalue weighted by atomic mass is 10.00. The van der Waals surface area contributed by atoms with Crippen LogP contribution in [0.1, 0.15) is 64.2 Å². The molecule has 0 amide bonds. The van der Waals surface area contributed by atoms with Crippen molar-refractivity contribution in [3.63, 3.8) is 0 Å². The number of carbonyl (C=O) groups is 3. The second-order valence-electron chi connectivity index (χ2n) is 6.83. The van der Waals surface area contributed by atoms with Crippen LogP contribution in [-0.4, -0.2) is 64.6 Å². The number of nitrogens with one attached hydrogen (secondary N) is 1. The monoisotopic (exact) mass is 421 g/mol. The maximum Gasteiger partial charge on any atom is 0.338 e. The molecule has 2 atom stereocenters. The minimum Gasteiger partial charge on any atom is -0.481 e. The topological polar surface area (TPSA) is 228 Å². The minimum absolute atomic E-state index is 0.125. The summed E-state index contributed by atoms with van der Waals surface area (Å²) >= 11 is 0. The van der Waals surface area contributed by atoms with Gasteiger partial charge in [-0.05, 0) is 64.6 Å². The molecule has 0 heterocycles. The molecule has 29 heavy (non-hydrogen) atoms. The van der Waals surface area contributed by atoms with Gasteiger partial charge in [0.2, 0.25) is 0 Å². The lowest BCUT2D eigenvalue weighted by molar-refractivity contribution is -0.148. The van der Waals surface area contributed by atoms with Crippen molar-refractivity contribution in [3.05, 3.63) is 0 Å². The van der Waals surface area contributed by atoms with Gasteiger partial charge in [0.25, 0.3) is 0 Å². The molecule has 0 saturated heterocycles. The Bertz CT molecular complexity index is 466. The van der Waals surface area contributed by atoms with Gasteiger partial charge in [0.15, 0.2) is 5.66 Å². The van der Waals surface area contributed by atoms with Crippen molar-refractivity contribution in [1.82, 2.24) is 5.32 Å². The summed E-state index contributed by atoms with van der Waals surface area (Å²) in [6.45, 7) is 1.57. The number of carboxylic acids is 3. The third kappa shape index (κ3) is 16.8. The van der Waals surface area contributed by atoms with E-state index in [4.69, 9.17) is 33.1 Å². The molecule has 12 N–H and O–H groups in total. The van der Waals surface area contributed by atoms with Gasteiger partial charge in [0.05, 0.1) is 0 Å². The van der Waals surface area contributed by atoms with E-state index in [1.54, 1.807) is 0 Å². The van der Waals surface area contributed by atoms with E-state index >= 15 is 0 Å². The Hall–Kier alpha value is -1.79. The van der Waals surface area contributed by atoms with E-state index in [2.05, 4.69) is 5.32 Å². The first kappa shape index (κ1) is 29.4. The Labute approximate surface area is 172 Å². The second-order valence-corrected chi connectivity index (χ2v) is 6.83. The van der Waals surface area contributed by atoms with Gasteiger partial charge < -0.3 is 38.3 Å². The van der Waals surface area contributed by atoms with E-state index in [-0.39, 0.29) is 19.3 Å². The number of carboxylic acid groups (broad SMARTS) is 3.